The van der Waals surface area contributed by atoms with Gasteiger partial charge in [0.2, 0.25) is 0 Å². The van der Waals surface area contributed by atoms with Crippen LogP contribution in [-0.2, 0) is 10.0 Å². The van der Waals surface area contributed by atoms with Crippen molar-refractivity contribution in [3.8, 4) is 0 Å². The van der Waals surface area contributed by atoms with E-state index in [0.717, 1.165) is 24.3 Å². The average molecular weight is 392 g/mol. The average Bonchev–Trinajstić information content (AvgIpc) is 2.58. The van der Waals surface area contributed by atoms with E-state index in [1.54, 1.807) is 0 Å². The van der Waals surface area contributed by atoms with Crippen molar-refractivity contribution >= 4 is 27.1 Å². The lowest BCUT2D eigenvalue weighted by atomic mass is 10.2. The number of hydrogen-bond donors (Lipinski definition) is 2. The molecule has 0 aliphatic rings. The molecule has 0 unspecified atom stereocenters. The van der Waals surface area contributed by atoms with Crippen LogP contribution >= 0.6 is 0 Å². The van der Waals surface area contributed by atoms with E-state index < -0.39 is 27.5 Å². The summed E-state index contributed by atoms with van der Waals surface area (Å²) >= 11 is 0. The van der Waals surface area contributed by atoms with Crippen LogP contribution in [0.3, 0.4) is 0 Å². The van der Waals surface area contributed by atoms with E-state index in [0.29, 0.717) is 5.69 Å². The maximum Gasteiger partial charge on any atom is 0.262 e. The predicted octanol–water partition coefficient (Wildman–Crippen LogP) is 4.96. The first-order valence-corrected chi connectivity index (χ1v) is 9.34. The molecule has 8 heteroatoms. The van der Waals surface area contributed by atoms with Crippen molar-refractivity contribution in [2.75, 3.05) is 10.0 Å². The van der Waals surface area contributed by atoms with Crippen LogP contribution < -0.4 is 10.0 Å². The topological polar surface area (TPSA) is 58.2 Å². The fourth-order valence-electron chi connectivity index (χ4n) is 2.49. The Morgan fingerprint density at radius 1 is 0.778 bits per heavy atom. The number of halogens is 3. The quantitative estimate of drug-likeness (QED) is 0.645. The summed E-state index contributed by atoms with van der Waals surface area (Å²) in [5, 5.41) is 2.78. The molecule has 3 aromatic carbocycles. The Hall–Kier alpha value is -3.00. The molecule has 3 rings (SSSR count). The number of sulfonamides is 1. The van der Waals surface area contributed by atoms with Gasteiger partial charge >= 0.3 is 0 Å². The van der Waals surface area contributed by atoms with Crippen molar-refractivity contribution in [3.05, 3.63) is 83.7 Å². The van der Waals surface area contributed by atoms with Crippen molar-refractivity contribution in [1.82, 2.24) is 0 Å². The molecule has 0 amide bonds. The van der Waals surface area contributed by atoms with Gasteiger partial charge in [-0.3, -0.25) is 4.72 Å². The zero-order chi connectivity index (χ0) is 19.6. The Kier molecular flexibility index (Phi) is 5.09. The van der Waals surface area contributed by atoms with Gasteiger partial charge in [-0.2, -0.15) is 0 Å². The van der Waals surface area contributed by atoms with Crippen molar-refractivity contribution in [3.63, 3.8) is 0 Å². The lowest BCUT2D eigenvalue weighted by molar-refractivity contribution is 0.586. The predicted molar refractivity (Wildman–Crippen MR) is 98.0 cm³/mol. The Morgan fingerprint density at radius 2 is 1.37 bits per heavy atom. The van der Waals surface area contributed by atoms with Crippen LogP contribution in [0.4, 0.5) is 30.2 Å². The first kappa shape index (κ1) is 18.8. The fraction of sp³-hybridized carbons (Fsp3) is 0.0526. The Balaban J connectivity index is 1.77. The van der Waals surface area contributed by atoms with E-state index in [-0.39, 0.29) is 21.8 Å². The van der Waals surface area contributed by atoms with Crippen LogP contribution in [0.5, 0.6) is 0 Å². The van der Waals surface area contributed by atoms with Crippen LogP contribution in [0.25, 0.3) is 0 Å². The van der Waals surface area contributed by atoms with Gasteiger partial charge in [-0.25, -0.2) is 21.6 Å². The molecule has 2 N–H and O–H groups in total. The molecular weight excluding hydrogens is 377 g/mol. The molecule has 0 aromatic heterocycles. The maximum absolute atomic E-state index is 13.7. The van der Waals surface area contributed by atoms with Gasteiger partial charge in [0.05, 0.1) is 10.6 Å². The van der Waals surface area contributed by atoms with E-state index >= 15 is 0 Å². The van der Waals surface area contributed by atoms with Crippen LogP contribution in [-0.4, -0.2) is 8.42 Å². The smallest absolute Gasteiger partial charge is 0.262 e. The van der Waals surface area contributed by atoms with Crippen molar-refractivity contribution in [1.29, 1.82) is 0 Å². The molecule has 0 saturated carbocycles. The van der Waals surface area contributed by atoms with Gasteiger partial charge in [-0.15, -0.1) is 0 Å². The van der Waals surface area contributed by atoms with Gasteiger partial charge in [0.1, 0.15) is 17.5 Å². The number of hydrogen-bond acceptors (Lipinski definition) is 3. The van der Waals surface area contributed by atoms with E-state index in [1.165, 1.54) is 43.3 Å². The summed E-state index contributed by atoms with van der Waals surface area (Å²) in [4.78, 5) is -0.0283. The summed E-state index contributed by atoms with van der Waals surface area (Å²) in [6.07, 6.45) is 0. The van der Waals surface area contributed by atoms with Gasteiger partial charge in [0, 0.05) is 17.4 Å². The minimum Gasteiger partial charge on any atom is -0.353 e. The van der Waals surface area contributed by atoms with Crippen molar-refractivity contribution in [2.24, 2.45) is 0 Å². The summed E-state index contributed by atoms with van der Waals surface area (Å²) in [5.41, 5.74) is 1.14. The third-order valence-corrected chi connectivity index (χ3v) is 5.32. The summed E-state index contributed by atoms with van der Waals surface area (Å²) in [7, 11) is -3.88. The van der Waals surface area contributed by atoms with Gasteiger partial charge in [0.15, 0.2) is 0 Å². The van der Waals surface area contributed by atoms with E-state index in [9.17, 15) is 21.6 Å². The monoisotopic (exact) mass is 392 g/mol. The zero-order valence-electron chi connectivity index (χ0n) is 14.1. The second kappa shape index (κ2) is 7.32. The molecule has 0 fully saturated rings. The second-order valence-corrected chi connectivity index (χ2v) is 7.49. The standard InChI is InChI=1S/C19H15F3N2O2S/c1-12-10-13(20)3-9-19(12)27(25,26)24-16-6-4-15(5-7-16)23-18-8-2-14(21)11-17(18)22/h2-11,23-24H,1H3. The van der Waals surface area contributed by atoms with Crippen LogP contribution in [0.1, 0.15) is 5.56 Å². The number of rotatable bonds is 5. The number of anilines is 3. The Labute approximate surface area is 154 Å². The molecule has 3 aromatic rings. The number of nitrogens with one attached hydrogen (secondary N) is 2. The largest absolute Gasteiger partial charge is 0.353 e. The zero-order valence-corrected chi connectivity index (χ0v) is 14.9. The normalized spacial score (nSPS) is 11.3. The van der Waals surface area contributed by atoms with Crippen LogP contribution in [0, 0.1) is 24.4 Å². The molecule has 0 radical (unpaired) electrons. The van der Waals surface area contributed by atoms with E-state index in [4.69, 9.17) is 0 Å². The molecule has 0 aliphatic heterocycles. The first-order chi connectivity index (χ1) is 12.7. The van der Waals surface area contributed by atoms with Crippen molar-refractivity contribution in [2.45, 2.75) is 11.8 Å². The molecule has 0 spiro atoms. The summed E-state index contributed by atoms with van der Waals surface area (Å²) < 4.78 is 67.1. The molecule has 4 nitrogen and oxygen atoms in total. The Bertz CT molecular complexity index is 1080. The number of benzene rings is 3. The lowest BCUT2D eigenvalue weighted by Gasteiger charge is -2.12. The first-order valence-electron chi connectivity index (χ1n) is 7.86. The van der Waals surface area contributed by atoms with Gasteiger partial charge < -0.3 is 5.32 Å². The maximum atomic E-state index is 13.7. The summed E-state index contributed by atoms with van der Waals surface area (Å²) in [6.45, 7) is 1.50. The molecule has 0 saturated heterocycles. The van der Waals surface area contributed by atoms with Gasteiger partial charge in [0.25, 0.3) is 10.0 Å². The second-order valence-electron chi connectivity index (χ2n) is 5.84. The fourth-order valence-corrected chi connectivity index (χ4v) is 3.78. The summed E-state index contributed by atoms with van der Waals surface area (Å²) in [6, 6.07) is 12.6. The molecule has 0 bridgehead atoms. The molecule has 0 heterocycles. The van der Waals surface area contributed by atoms with E-state index in [1.807, 2.05) is 0 Å². The highest BCUT2D eigenvalue weighted by molar-refractivity contribution is 7.92. The number of aryl methyl sites for hydroxylation is 1. The van der Waals surface area contributed by atoms with Gasteiger partial charge in [-0.05, 0) is 67.1 Å². The highest BCUT2D eigenvalue weighted by atomic mass is 32.2. The highest BCUT2D eigenvalue weighted by Gasteiger charge is 2.17. The van der Waals surface area contributed by atoms with Gasteiger partial charge in [-0.1, -0.05) is 0 Å². The third-order valence-electron chi connectivity index (χ3n) is 3.77. The highest BCUT2D eigenvalue weighted by Crippen LogP contribution is 2.24. The van der Waals surface area contributed by atoms with Crippen molar-refractivity contribution < 1.29 is 21.6 Å². The molecule has 27 heavy (non-hydrogen) atoms. The van der Waals surface area contributed by atoms with Crippen LogP contribution in [0.15, 0.2) is 65.6 Å². The lowest BCUT2D eigenvalue weighted by Crippen LogP contribution is -2.14. The molecule has 0 aliphatic carbocycles. The third kappa shape index (κ3) is 4.40. The molecule has 140 valence electrons. The molecular formula is C19H15F3N2O2S. The van der Waals surface area contributed by atoms with E-state index in [2.05, 4.69) is 10.0 Å². The minimum absolute atomic E-state index is 0.0283. The molecule has 0 atom stereocenters. The van der Waals surface area contributed by atoms with Crippen LogP contribution in [0.2, 0.25) is 0 Å². The summed E-state index contributed by atoms with van der Waals surface area (Å²) in [5.74, 6) is -1.94. The SMILES string of the molecule is Cc1cc(F)ccc1S(=O)(=O)Nc1ccc(Nc2ccc(F)cc2F)cc1. The Morgan fingerprint density at radius 3 is 2.00 bits per heavy atom. The minimum atomic E-state index is -3.88.